The van der Waals surface area contributed by atoms with Gasteiger partial charge < -0.3 is 10.4 Å². The smallest absolute Gasteiger partial charge is 0.0604 e. The van der Waals surface area contributed by atoms with Gasteiger partial charge in [0.15, 0.2) is 0 Å². The van der Waals surface area contributed by atoms with E-state index in [1.807, 2.05) is 36.4 Å². The van der Waals surface area contributed by atoms with Crippen LogP contribution in [0.5, 0.6) is 0 Å². The molecule has 0 unspecified atom stereocenters. The number of nitrogens with one attached hydrogen (secondary N) is 1. The topological polar surface area (TPSA) is 32.3 Å². The minimum atomic E-state index is -0.359. The minimum absolute atomic E-state index is 0.114. The van der Waals surface area contributed by atoms with E-state index in [-0.39, 0.29) is 12.1 Å². The second kappa shape index (κ2) is 6.33. The van der Waals surface area contributed by atoms with Gasteiger partial charge in [-0.15, -0.1) is 0 Å². The van der Waals surface area contributed by atoms with Crippen molar-refractivity contribution in [1.82, 2.24) is 0 Å². The van der Waals surface area contributed by atoms with Crippen LogP contribution in [0, 0.1) is 0 Å². The van der Waals surface area contributed by atoms with E-state index in [0.29, 0.717) is 17.9 Å². The number of halogens is 1. The van der Waals surface area contributed by atoms with Gasteiger partial charge in [-0.1, -0.05) is 54.1 Å². The summed E-state index contributed by atoms with van der Waals surface area (Å²) in [5.74, 6) is 0. The summed E-state index contributed by atoms with van der Waals surface area (Å²) in [6, 6.07) is 16.1. The fourth-order valence-corrected chi connectivity index (χ4v) is 2.87. The van der Waals surface area contributed by atoms with Crippen LogP contribution in [0.25, 0.3) is 6.08 Å². The van der Waals surface area contributed by atoms with E-state index >= 15 is 0 Å². The zero-order valence-corrected chi connectivity index (χ0v) is 12.4. The molecule has 0 amide bonds. The molecule has 0 fully saturated rings. The van der Waals surface area contributed by atoms with Crippen LogP contribution in [0.4, 0.5) is 5.69 Å². The molecule has 1 aliphatic rings. The Morgan fingerprint density at radius 2 is 1.95 bits per heavy atom. The zero-order valence-electron chi connectivity index (χ0n) is 11.7. The molecule has 3 heteroatoms. The van der Waals surface area contributed by atoms with Gasteiger partial charge in [-0.05, 0) is 35.7 Å². The number of anilines is 1. The van der Waals surface area contributed by atoms with Crippen molar-refractivity contribution in [1.29, 1.82) is 0 Å². The summed E-state index contributed by atoms with van der Waals surface area (Å²) in [4.78, 5) is 0. The maximum Gasteiger partial charge on any atom is 0.0604 e. The highest BCUT2D eigenvalue weighted by Crippen LogP contribution is 2.27. The number of hydrogen-bond acceptors (Lipinski definition) is 2. The molecule has 0 saturated carbocycles. The van der Waals surface area contributed by atoms with Gasteiger partial charge in [0.1, 0.15) is 0 Å². The average molecular weight is 300 g/mol. The first-order chi connectivity index (χ1) is 10.2. The van der Waals surface area contributed by atoms with Crippen molar-refractivity contribution in [2.75, 3.05) is 5.32 Å². The summed E-state index contributed by atoms with van der Waals surface area (Å²) < 4.78 is 0. The first-order valence-corrected chi connectivity index (χ1v) is 7.55. The molecule has 0 saturated heterocycles. The van der Waals surface area contributed by atoms with Gasteiger partial charge in [0.05, 0.1) is 6.10 Å². The molecule has 3 rings (SSSR count). The summed E-state index contributed by atoms with van der Waals surface area (Å²) in [6.45, 7) is 0. The summed E-state index contributed by atoms with van der Waals surface area (Å²) >= 11 is 6.03. The highest BCUT2D eigenvalue weighted by Gasteiger charge is 2.20. The Morgan fingerprint density at radius 1 is 1.14 bits per heavy atom. The molecule has 0 bridgehead atoms. The molecule has 0 aliphatic carbocycles. The van der Waals surface area contributed by atoms with Crippen molar-refractivity contribution in [3.05, 3.63) is 70.8 Å². The second-order valence-corrected chi connectivity index (χ2v) is 5.85. The van der Waals surface area contributed by atoms with Crippen LogP contribution in [0.3, 0.4) is 0 Å². The molecule has 1 aliphatic heterocycles. The highest BCUT2D eigenvalue weighted by atomic mass is 35.5. The van der Waals surface area contributed by atoms with E-state index in [4.69, 9.17) is 11.6 Å². The average Bonchev–Trinajstić information content (AvgIpc) is 2.63. The molecule has 2 nitrogen and oxygen atoms in total. The molecule has 2 N–H and O–H groups in total. The molecule has 1 heterocycles. The quantitative estimate of drug-likeness (QED) is 0.873. The maximum absolute atomic E-state index is 10.2. The van der Waals surface area contributed by atoms with Crippen molar-refractivity contribution in [3.8, 4) is 0 Å². The third-order valence-corrected chi connectivity index (χ3v) is 3.95. The van der Waals surface area contributed by atoms with Gasteiger partial charge in [0.25, 0.3) is 0 Å². The lowest BCUT2D eigenvalue weighted by atomic mass is 10.0. The second-order valence-electron chi connectivity index (χ2n) is 5.42. The van der Waals surface area contributed by atoms with Gasteiger partial charge in [-0.3, -0.25) is 0 Å². The van der Waals surface area contributed by atoms with Crippen LogP contribution in [0.15, 0.2) is 54.6 Å². The Labute approximate surface area is 130 Å². The number of hydrogen-bond donors (Lipinski definition) is 2. The predicted octanol–water partition coefficient (Wildman–Crippen LogP) is 4.14. The summed E-state index contributed by atoms with van der Waals surface area (Å²) in [5, 5.41) is 14.4. The fourth-order valence-electron chi connectivity index (χ4n) is 2.68. The minimum Gasteiger partial charge on any atom is -0.393 e. The van der Waals surface area contributed by atoms with Crippen molar-refractivity contribution in [3.63, 3.8) is 0 Å². The molecule has 21 heavy (non-hydrogen) atoms. The van der Waals surface area contributed by atoms with E-state index < -0.39 is 0 Å². The van der Waals surface area contributed by atoms with E-state index in [9.17, 15) is 5.11 Å². The lowest BCUT2D eigenvalue weighted by molar-refractivity contribution is 0.165. The third-order valence-electron chi connectivity index (χ3n) is 3.71. The molecule has 108 valence electrons. The van der Waals surface area contributed by atoms with Gasteiger partial charge in [-0.2, -0.15) is 0 Å². The van der Waals surface area contributed by atoms with Crippen LogP contribution in [-0.2, 0) is 6.42 Å². The first kappa shape index (κ1) is 14.2. The predicted molar refractivity (Wildman–Crippen MR) is 88.7 cm³/mol. The van der Waals surface area contributed by atoms with E-state index in [1.165, 1.54) is 0 Å². The van der Waals surface area contributed by atoms with E-state index in [1.54, 1.807) is 0 Å². The Morgan fingerprint density at radius 3 is 2.76 bits per heavy atom. The van der Waals surface area contributed by atoms with Gasteiger partial charge >= 0.3 is 0 Å². The van der Waals surface area contributed by atoms with Crippen molar-refractivity contribution in [2.24, 2.45) is 0 Å². The standard InChI is InChI=1S/C18H18ClNO/c19-15-7-9-18-14(10-15)11-17(21)12-16(20-18)8-6-13-4-2-1-3-5-13/h1-10,16-17,20-21H,11-12H2/b8-6+/t16-,17+/m1/s1. The number of fused-ring (bicyclic) bond motifs is 1. The molecule has 2 aromatic rings. The summed E-state index contributed by atoms with van der Waals surface area (Å²) in [5.41, 5.74) is 3.29. The number of aliphatic hydroxyl groups is 1. The number of benzene rings is 2. The molecule has 0 radical (unpaired) electrons. The number of rotatable bonds is 2. The Balaban J connectivity index is 1.81. The van der Waals surface area contributed by atoms with Crippen LogP contribution in [-0.4, -0.2) is 17.3 Å². The largest absolute Gasteiger partial charge is 0.393 e. The summed E-state index contributed by atoms with van der Waals surface area (Å²) in [6.07, 6.45) is 5.17. The van der Waals surface area contributed by atoms with Crippen molar-refractivity contribution in [2.45, 2.75) is 25.0 Å². The molecule has 0 aromatic heterocycles. The van der Waals surface area contributed by atoms with Gasteiger partial charge in [0, 0.05) is 23.2 Å². The molecule has 0 spiro atoms. The molecular formula is C18H18ClNO. The normalized spacial score (nSPS) is 21.6. The molecule has 2 atom stereocenters. The van der Waals surface area contributed by atoms with Gasteiger partial charge in [0.2, 0.25) is 0 Å². The van der Waals surface area contributed by atoms with Crippen molar-refractivity contribution < 1.29 is 5.11 Å². The Kier molecular flexibility index (Phi) is 4.28. The van der Waals surface area contributed by atoms with Gasteiger partial charge in [-0.25, -0.2) is 0 Å². The number of aliphatic hydroxyl groups excluding tert-OH is 1. The van der Waals surface area contributed by atoms with Crippen LogP contribution in [0.2, 0.25) is 5.02 Å². The Bertz CT molecular complexity index is 639. The van der Waals surface area contributed by atoms with Crippen LogP contribution >= 0.6 is 11.6 Å². The Hall–Kier alpha value is -1.77. The van der Waals surface area contributed by atoms with Crippen LogP contribution < -0.4 is 5.32 Å². The SMILES string of the molecule is O[C@H]1Cc2cc(Cl)ccc2N[C@H](/C=C/c2ccccc2)C1. The third kappa shape index (κ3) is 3.66. The lowest BCUT2D eigenvalue weighted by Gasteiger charge is -2.15. The lowest BCUT2D eigenvalue weighted by Crippen LogP contribution is -2.21. The molecule has 2 aromatic carbocycles. The molecular weight excluding hydrogens is 282 g/mol. The van der Waals surface area contributed by atoms with Crippen molar-refractivity contribution >= 4 is 23.4 Å². The first-order valence-electron chi connectivity index (χ1n) is 7.17. The van der Waals surface area contributed by atoms with E-state index in [2.05, 4.69) is 29.6 Å². The van der Waals surface area contributed by atoms with Crippen LogP contribution in [0.1, 0.15) is 17.5 Å². The summed E-state index contributed by atoms with van der Waals surface area (Å²) in [7, 11) is 0. The monoisotopic (exact) mass is 299 g/mol. The zero-order chi connectivity index (χ0) is 14.7. The fraction of sp³-hybridized carbons (Fsp3) is 0.222. The highest BCUT2D eigenvalue weighted by molar-refractivity contribution is 6.30. The maximum atomic E-state index is 10.2. The van der Waals surface area contributed by atoms with E-state index in [0.717, 1.165) is 16.8 Å².